The van der Waals surface area contributed by atoms with E-state index in [0.29, 0.717) is 6.54 Å². The minimum atomic E-state index is 0.281. The zero-order valence-corrected chi connectivity index (χ0v) is 8.90. The fourth-order valence-corrected chi connectivity index (χ4v) is 1.32. The van der Waals surface area contributed by atoms with Crippen LogP contribution in [0.5, 0.6) is 0 Å². The third kappa shape index (κ3) is 3.09. The zero-order chi connectivity index (χ0) is 9.68. The normalized spacial score (nSPS) is 11.8. The van der Waals surface area contributed by atoms with Crippen LogP contribution in [0.15, 0.2) is 33.9 Å². The Balaban J connectivity index is 2.71. The third-order valence-corrected chi connectivity index (χ3v) is 2.39. The molecule has 1 aromatic carbocycles. The summed E-state index contributed by atoms with van der Waals surface area (Å²) in [4.78, 5) is 2.73. The Hall–Kier alpha value is -0.990. The molecule has 0 aliphatic carbocycles. The molecule has 0 aliphatic heterocycles. The smallest absolute Gasteiger partial charge is 0.0324 e. The average Bonchev–Trinajstić information content (AvgIpc) is 2.15. The largest absolute Gasteiger partial charge is 0.0934 e. The highest BCUT2D eigenvalue weighted by Crippen LogP contribution is 2.18. The zero-order valence-electron chi connectivity index (χ0n) is 7.31. The van der Waals surface area contributed by atoms with Crippen LogP contribution < -0.4 is 0 Å². The first kappa shape index (κ1) is 10.1. The van der Waals surface area contributed by atoms with Crippen molar-refractivity contribution in [1.29, 1.82) is 0 Å². The van der Waals surface area contributed by atoms with Crippen LogP contribution >= 0.6 is 15.9 Å². The summed E-state index contributed by atoms with van der Waals surface area (Å²) >= 11 is 3.37. The quantitative estimate of drug-likeness (QED) is 0.437. The monoisotopic (exact) mass is 239 g/mol. The molecule has 0 aliphatic rings. The van der Waals surface area contributed by atoms with Crippen molar-refractivity contribution in [3.63, 3.8) is 0 Å². The van der Waals surface area contributed by atoms with Crippen LogP contribution in [0.4, 0.5) is 0 Å². The van der Waals surface area contributed by atoms with Gasteiger partial charge in [-0.25, -0.2) is 0 Å². The summed E-state index contributed by atoms with van der Waals surface area (Å²) in [6, 6.07) is 8.03. The number of halogens is 1. The highest BCUT2D eigenvalue weighted by molar-refractivity contribution is 9.10. The SMILES string of the molecule is C[C@@H](CN=[N+]=[N-])c1ccc(Br)cc1. The van der Waals surface area contributed by atoms with Gasteiger partial charge in [0.1, 0.15) is 0 Å². The molecule has 0 aromatic heterocycles. The van der Waals surface area contributed by atoms with Crippen LogP contribution in [0.25, 0.3) is 10.4 Å². The van der Waals surface area contributed by atoms with Crippen LogP contribution in [0.1, 0.15) is 18.4 Å². The van der Waals surface area contributed by atoms with Gasteiger partial charge in [-0.2, -0.15) is 0 Å². The molecule has 0 bridgehead atoms. The molecule has 0 heterocycles. The molecule has 0 spiro atoms. The summed E-state index contributed by atoms with van der Waals surface area (Å²) in [7, 11) is 0. The molecule has 0 N–H and O–H groups in total. The van der Waals surface area contributed by atoms with Crippen molar-refractivity contribution in [3.05, 3.63) is 44.7 Å². The Bertz CT molecular complexity index is 314. The molecule has 13 heavy (non-hydrogen) atoms. The molecule has 1 aromatic rings. The molecule has 68 valence electrons. The fourth-order valence-electron chi connectivity index (χ4n) is 1.06. The summed E-state index contributed by atoms with van der Waals surface area (Å²) in [6.45, 7) is 2.55. The molecular weight excluding hydrogens is 230 g/mol. The van der Waals surface area contributed by atoms with E-state index in [1.807, 2.05) is 31.2 Å². The van der Waals surface area contributed by atoms with Crippen LogP contribution in [0.3, 0.4) is 0 Å². The maximum absolute atomic E-state index is 8.16. The van der Waals surface area contributed by atoms with Gasteiger partial charge in [-0.05, 0) is 29.1 Å². The standard InChI is InChI=1S/C9H10BrN3/c1-7(6-12-13-11)8-2-4-9(10)5-3-8/h2-5,7H,6H2,1H3/t7-/m0/s1. The molecule has 4 heteroatoms. The number of azide groups is 1. The first-order valence-electron chi connectivity index (χ1n) is 4.00. The Kier molecular flexibility index (Phi) is 3.80. The van der Waals surface area contributed by atoms with Gasteiger partial charge in [-0.1, -0.05) is 40.1 Å². The van der Waals surface area contributed by atoms with Crippen molar-refractivity contribution in [2.45, 2.75) is 12.8 Å². The lowest BCUT2D eigenvalue weighted by atomic mass is 10.0. The summed E-state index contributed by atoms with van der Waals surface area (Å²) < 4.78 is 1.06. The summed E-state index contributed by atoms with van der Waals surface area (Å²) in [5, 5.41) is 3.54. The van der Waals surface area contributed by atoms with E-state index < -0.39 is 0 Å². The second-order valence-electron chi connectivity index (χ2n) is 2.87. The molecule has 0 saturated carbocycles. The van der Waals surface area contributed by atoms with Gasteiger partial charge in [-0.15, -0.1) is 0 Å². The Morgan fingerprint density at radius 3 is 2.62 bits per heavy atom. The van der Waals surface area contributed by atoms with Gasteiger partial charge in [0.2, 0.25) is 0 Å². The van der Waals surface area contributed by atoms with Gasteiger partial charge >= 0.3 is 0 Å². The highest BCUT2D eigenvalue weighted by atomic mass is 79.9. The molecule has 0 fully saturated rings. The van der Waals surface area contributed by atoms with E-state index in [2.05, 4.69) is 26.0 Å². The summed E-state index contributed by atoms with van der Waals surface area (Å²) in [6.07, 6.45) is 0. The molecule has 0 unspecified atom stereocenters. The number of rotatable bonds is 3. The predicted molar refractivity (Wildman–Crippen MR) is 56.6 cm³/mol. The van der Waals surface area contributed by atoms with Crippen molar-refractivity contribution in [2.24, 2.45) is 5.11 Å². The third-order valence-electron chi connectivity index (χ3n) is 1.86. The lowest BCUT2D eigenvalue weighted by Crippen LogP contribution is -1.96. The maximum atomic E-state index is 8.16. The molecule has 3 nitrogen and oxygen atoms in total. The predicted octanol–water partition coefficient (Wildman–Crippen LogP) is 3.86. The van der Waals surface area contributed by atoms with Crippen molar-refractivity contribution >= 4 is 15.9 Å². The van der Waals surface area contributed by atoms with Gasteiger partial charge in [0.15, 0.2) is 0 Å². The lowest BCUT2D eigenvalue weighted by Gasteiger charge is -2.07. The summed E-state index contributed by atoms with van der Waals surface area (Å²) in [5.41, 5.74) is 9.35. The topological polar surface area (TPSA) is 48.8 Å². The minimum absolute atomic E-state index is 0.281. The lowest BCUT2D eigenvalue weighted by molar-refractivity contribution is 0.769. The van der Waals surface area contributed by atoms with Gasteiger partial charge in [0.05, 0.1) is 0 Å². The van der Waals surface area contributed by atoms with Crippen LogP contribution in [0.2, 0.25) is 0 Å². The Morgan fingerprint density at radius 2 is 2.08 bits per heavy atom. The van der Waals surface area contributed by atoms with E-state index in [-0.39, 0.29) is 5.92 Å². The molecule has 0 amide bonds. The van der Waals surface area contributed by atoms with E-state index in [4.69, 9.17) is 5.53 Å². The minimum Gasteiger partial charge on any atom is -0.0934 e. The molecule has 1 rings (SSSR count). The van der Waals surface area contributed by atoms with Gasteiger partial charge < -0.3 is 0 Å². The first-order chi connectivity index (χ1) is 6.24. The number of hydrogen-bond acceptors (Lipinski definition) is 1. The van der Waals surface area contributed by atoms with Crippen molar-refractivity contribution in [2.75, 3.05) is 6.54 Å². The van der Waals surface area contributed by atoms with Gasteiger partial charge in [-0.3, -0.25) is 0 Å². The van der Waals surface area contributed by atoms with E-state index in [9.17, 15) is 0 Å². The van der Waals surface area contributed by atoms with Gasteiger partial charge in [0, 0.05) is 15.9 Å². The average molecular weight is 240 g/mol. The maximum Gasteiger partial charge on any atom is 0.0324 e. The van der Waals surface area contributed by atoms with Crippen molar-refractivity contribution in [3.8, 4) is 0 Å². The number of nitrogens with zero attached hydrogens (tertiary/aromatic N) is 3. The number of hydrogen-bond donors (Lipinski definition) is 0. The molecule has 1 atom stereocenters. The van der Waals surface area contributed by atoms with Crippen LogP contribution in [0, 0.1) is 0 Å². The Morgan fingerprint density at radius 1 is 1.46 bits per heavy atom. The van der Waals surface area contributed by atoms with Gasteiger partial charge in [0.25, 0.3) is 0 Å². The van der Waals surface area contributed by atoms with E-state index >= 15 is 0 Å². The van der Waals surface area contributed by atoms with Crippen LogP contribution in [-0.4, -0.2) is 6.54 Å². The summed E-state index contributed by atoms with van der Waals surface area (Å²) in [5.74, 6) is 0.281. The second kappa shape index (κ2) is 4.90. The van der Waals surface area contributed by atoms with E-state index in [0.717, 1.165) is 4.47 Å². The van der Waals surface area contributed by atoms with Crippen LogP contribution in [-0.2, 0) is 0 Å². The number of benzene rings is 1. The van der Waals surface area contributed by atoms with Crippen molar-refractivity contribution in [1.82, 2.24) is 0 Å². The first-order valence-corrected chi connectivity index (χ1v) is 4.79. The molecule has 0 radical (unpaired) electrons. The highest BCUT2D eigenvalue weighted by Gasteiger charge is 2.02. The van der Waals surface area contributed by atoms with Crippen molar-refractivity contribution < 1.29 is 0 Å². The fraction of sp³-hybridized carbons (Fsp3) is 0.333. The molecular formula is C9H10BrN3. The van der Waals surface area contributed by atoms with E-state index in [1.54, 1.807) is 0 Å². The Labute approximate surface area is 85.5 Å². The molecule has 0 saturated heterocycles. The van der Waals surface area contributed by atoms with E-state index in [1.165, 1.54) is 5.56 Å². The second-order valence-corrected chi connectivity index (χ2v) is 3.78.